The van der Waals surface area contributed by atoms with Crippen molar-refractivity contribution in [1.29, 1.82) is 0 Å². The zero-order valence-corrected chi connectivity index (χ0v) is 10.2. The van der Waals surface area contributed by atoms with Crippen LogP contribution in [0.3, 0.4) is 0 Å². The minimum absolute atomic E-state index is 0.226. The first-order chi connectivity index (χ1) is 7.68. The van der Waals surface area contributed by atoms with Gasteiger partial charge in [-0.15, -0.1) is 0 Å². The lowest BCUT2D eigenvalue weighted by Crippen LogP contribution is -2.46. The molecular weight excluding hydrogens is 202 g/mol. The minimum Gasteiger partial charge on any atom is -0.480 e. The molecule has 0 radical (unpaired) electrons. The van der Waals surface area contributed by atoms with E-state index >= 15 is 0 Å². The average molecular weight is 225 g/mol. The number of carbonyl (C=O) groups is 1. The van der Waals surface area contributed by atoms with Gasteiger partial charge in [0, 0.05) is 6.04 Å². The number of rotatable bonds is 4. The molecule has 1 saturated carbocycles. The van der Waals surface area contributed by atoms with Crippen LogP contribution in [0.5, 0.6) is 0 Å². The molecule has 2 unspecified atom stereocenters. The first kappa shape index (κ1) is 11.9. The number of carboxylic acid groups (broad SMARTS) is 1. The maximum Gasteiger partial charge on any atom is 0.320 e. The summed E-state index contributed by atoms with van der Waals surface area (Å²) in [5.74, 6) is 0.261. The molecule has 1 N–H and O–H groups in total. The van der Waals surface area contributed by atoms with E-state index in [2.05, 4.69) is 11.8 Å². The number of likely N-dealkylation sites (tertiary alicyclic amines) is 1. The molecule has 0 spiro atoms. The second kappa shape index (κ2) is 5.17. The van der Waals surface area contributed by atoms with Crippen LogP contribution >= 0.6 is 0 Å². The highest BCUT2D eigenvalue weighted by Crippen LogP contribution is 2.35. The number of carboxylic acids is 1. The van der Waals surface area contributed by atoms with E-state index in [1.54, 1.807) is 0 Å². The first-order valence-corrected chi connectivity index (χ1v) is 6.67. The highest BCUT2D eigenvalue weighted by Gasteiger charge is 2.33. The Labute approximate surface area is 97.8 Å². The third-order valence-electron chi connectivity index (χ3n) is 4.02. The van der Waals surface area contributed by atoms with Gasteiger partial charge in [-0.05, 0) is 38.6 Å². The molecule has 0 aromatic rings. The fourth-order valence-electron chi connectivity index (χ4n) is 2.89. The third-order valence-corrected chi connectivity index (χ3v) is 4.02. The van der Waals surface area contributed by atoms with Crippen molar-refractivity contribution in [3.63, 3.8) is 0 Å². The lowest BCUT2D eigenvalue weighted by molar-refractivity contribution is -0.144. The second-order valence-corrected chi connectivity index (χ2v) is 5.47. The van der Waals surface area contributed by atoms with Crippen molar-refractivity contribution in [3.8, 4) is 0 Å². The highest BCUT2D eigenvalue weighted by atomic mass is 16.4. The Balaban J connectivity index is 1.97. The smallest absolute Gasteiger partial charge is 0.320 e. The zero-order valence-electron chi connectivity index (χ0n) is 10.2. The second-order valence-electron chi connectivity index (χ2n) is 5.47. The lowest BCUT2D eigenvalue weighted by atomic mass is 10.1. The quantitative estimate of drug-likeness (QED) is 0.799. The van der Waals surface area contributed by atoms with Crippen molar-refractivity contribution in [1.82, 2.24) is 4.90 Å². The van der Waals surface area contributed by atoms with E-state index in [1.165, 1.54) is 32.1 Å². The van der Waals surface area contributed by atoms with E-state index < -0.39 is 5.97 Å². The molecule has 1 aliphatic heterocycles. The summed E-state index contributed by atoms with van der Waals surface area (Å²) in [5, 5.41) is 9.29. The van der Waals surface area contributed by atoms with Crippen LogP contribution in [0.1, 0.15) is 51.9 Å². The summed E-state index contributed by atoms with van der Waals surface area (Å²) in [4.78, 5) is 13.5. The summed E-state index contributed by atoms with van der Waals surface area (Å²) in [6.07, 6.45) is 8.18. The molecule has 1 aliphatic carbocycles. The van der Waals surface area contributed by atoms with Crippen molar-refractivity contribution in [2.75, 3.05) is 6.54 Å². The van der Waals surface area contributed by atoms with Gasteiger partial charge < -0.3 is 5.11 Å². The largest absolute Gasteiger partial charge is 0.480 e. The van der Waals surface area contributed by atoms with E-state index in [4.69, 9.17) is 0 Å². The molecule has 0 aromatic carbocycles. The van der Waals surface area contributed by atoms with Crippen LogP contribution in [0.25, 0.3) is 0 Å². The van der Waals surface area contributed by atoms with Gasteiger partial charge in [0.2, 0.25) is 0 Å². The molecule has 2 atom stereocenters. The first-order valence-electron chi connectivity index (χ1n) is 6.67. The summed E-state index contributed by atoms with van der Waals surface area (Å²) >= 11 is 0. The number of aliphatic carboxylic acids is 1. The van der Waals surface area contributed by atoms with Gasteiger partial charge in [0.1, 0.15) is 6.04 Å². The van der Waals surface area contributed by atoms with E-state index in [1.807, 2.05) is 0 Å². The van der Waals surface area contributed by atoms with Crippen LogP contribution in [-0.2, 0) is 4.79 Å². The summed E-state index contributed by atoms with van der Waals surface area (Å²) in [6, 6.07) is 0.225. The summed E-state index contributed by atoms with van der Waals surface area (Å²) < 4.78 is 0. The van der Waals surface area contributed by atoms with Crippen molar-refractivity contribution in [2.24, 2.45) is 5.92 Å². The Bertz CT molecular complexity index is 250. The topological polar surface area (TPSA) is 40.5 Å². The van der Waals surface area contributed by atoms with Gasteiger partial charge in [-0.3, -0.25) is 9.69 Å². The Hall–Kier alpha value is -0.570. The van der Waals surface area contributed by atoms with Crippen LogP contribution in [-0.4, -0.2) is 34.6 Å². The maximum absolute atomic E-state index is 11.3. The van der Waals surface area contributed by atoms with Crippen molar-refractivity contribution >= 4 is 5.97 Å². The molecule has 2 fully saturated rings. The van der Waals surface area contributed by atoms with Crippen molar-refractivity contribution in [2.45, 2.75) is 64.0 Å². The van der Waals surface area contributed by atoms with Crippen LogP contribution in [0.4, 0.5) is 0 Å². The molecule has 2 rings (SSSR count). The molecule has 0 bridgehead atoms. The number of hydrogen-bond acceptors (Lipinski definition) is 2. The zero-order chi connectivity index (χ0) is 11.5. The summed E-state index contributed by atoms with van der Waals surface area (Å²) in [6.45, 7) is 3.18. The SMILES string of the molecule is CC(CC1CC1)N1CCCCCC1C(=O)O. The molecule has 16 heavy (non-hydrogen) atoms. The highest BCUT2D eigenvalue weighted by molar-refractivity contribution is 5.73. The lowest BCUT2D eigenvalue weighted by Gasteiger charge is -2.32. The molecule has 2 aliphatic rings. The van der Waals surface area contributed by atoms with Crippen LogP contribution < -0.4 is 0 Å². The predicted octanol–water partition coefficient (Wildman–Crippen LogP) is 2.50. The standard InChI is InChI=1S/C13H23NO2/c1-10(9-11-6-7-11)14-8-4-2-3-5-12(14)13(15)16/h10-12H,2-9H2,1H3,(H,15,16). The normalized spacial score (nSPS) is 29.7. The molecule has 0 amide bonds. The van der Waals surface area contributed by atoms with Gasteiger partial charge in [0.05, 0.1) is 0 Å². The molecule has 1 heterocycles. The maximum atomic E-state index is 11.3. The molecule has 92 valence electrons. The Morgan fingerprint density at radius 1 is 1.31 bits per heavy atom. The summed E-state index contributed by atoms with van der Waals surface area (Å²) in [5.41, 5.74) is 0. The van der Waals surface area contributed by atoms with Gasteiger partial charge in [-0.2, -0.15) is 0 Å². The number of nitrogens with zero attached hydrogens (tertiary/aromatic N) is 1. The fourth-order valence-corrected chi connectivity index (χ4v) is 2.89. The predicted molar refractivity (Wildman–Crippen MR) is 63.4 cm³/mol. The molecule has 3 nitrogen and oxygen atoms in total. The van der Waals surface area contributed by atoms with E-state index in [9.17, 15) is 9.90 Å². The van der Waals surface area contributed by atoms with Gasteiger partial charge >= 0.3 is 5.97 Å². The fraction of sp³-hybridized carbons (Fsp3) is 0.923. The monoisotopic (exact) mass is 225 g/mol. The van der Waals surface area contributed by atoms with Gasteiger partial charge in [0.15, 0.2) is 0 Å². The van der Waals surface area contributed by atoms with Gasteiger partial charge in [-0.1, -0.05) is 25.7 Å². The molecule has 1 saturated heterocycles. The number of hydrogen-bond donors (Lipinski definition) is 1. The Kier molecular flexibility index (Phi) is 3.85. The van der Waals surface area contributed by atoms with Gasteiger partial charge in [0.25, 0.3) is 0 Å². The van der Waals surface area contributed by atoms with Crippen LogP contribution in [0.2, 0.25) is 0 Å². The van der Waals surface area contributed by atoms with Crippen LogP contribution in [0.15, 0.2) is 0 Å². The average Bonchev–Trinajstić information content (AvgIpc) is 3.01. The Morgan fingerprint density at radius 2 is 2.06 bits per heavy atom. The van der Waals surface area contributed by atoms with Gasteiger partial charge in [-0.25, -0.2) is 0 Å². The molecular formula is C13H23NO2. The van der Waals surface area contributed by atoms with E-state index in [0.717, 1.165) is 25.3 Å². The Morgan fingerprint density at radius 3 is 2.69 bits per heavy atom. The minimum atomic E-state index is -0.621. The van der Waals surface area contributed by atoms with Crippen molar-refractivity contribution < 1.29 is 9.90 Å². The van der Waals surface area contributed by atoms with Crippen LogP contribution in [0, 0.1) is 5.92 Å². The molecule has 0 aromatic heterocycles. The molecule has 3 heteroatoms. The van der Waals surface area contributed by atoms with E-state index in [0.29, 0.717) is 6.04 Å². The summed E-state index contributed by atoms with van der Waals surface area (Å²) in [7, 11) is 0. The third kappa shape index (κ3) is 2.97. The van der Waals surface area contributed by atoms with Crippen molar-refractivity contribution in [3.05, 3.63) is 0 Å². The van der Waals surface area contributed by atoms with E-state index in [-0.39, 0.29) is 6.04 Å².